The summed E-state index contributed by atoms with van der Waals surface area (Å²) in [6.07, 6.45) is 1.96. The van der Waals surface area contributed by atoms with E-state index >= 15 is 0 Å². The maximum absolute atomic E-state index is 14.7. The first kappa shape index (κ1) is 18.0. The second-order valence-corrected chi connectivity index (χ2v) is 7.46. The van der Waals surface area contributed by atoms with E-state index in [2.05, 4.69) is 5.32 Å². The molecule has 0 aromatic heterocycles. The zero-order valence-corrected chi connectivity index (χ0v) is 15.4. The van der Waals surface area contributed by atoms with Crippen LogP contribution in [0.5, 0.6) is 0 Å². The molecule has 4 rings (SSSR count). The Labute approximate surface area is 157 Å². The standard InChI is InChI=1S/C19H24FN3O4/c1-13(24)21-11-15-12-23(18(25)27-15)14-2-3-17(16(20)10-14)22-7-4-19(5-8-22)6-9-26-19/h2-3,10,15H,4-9,11-12H2,1H3,(H,21,24)/t15-/m0/s1. The fraction of sp³-hybridized carbons (Fsp3) is 0.579. The molecular formula is C19H24FN3O4. The molecule has 0 saturated carbocycles. The summed E-state index contributed by atoms with van der Waals surface area (Å²) in [5.41, 5.74) is 1.03. The molecule has 3 fully saturated rings. The number of benzene rings is 1. The second-order valence-electron chi connectivity index (χ2n) is 7.46. The average Bonchev–Trinajstić information content (AvgIpc) is 2.99. The Kier molecular flexibility index (Phi) is 4.67. The lowest BCUT2D eigenvalue weighted by atomic mass is 9.84. The zero-order valence-electron chi connectivity index (χ0n) is 15.4. The fourth-order valence-electron chi connectivity index (χ4n) is 3.96. The summed E-state index contributed by atoms with van der Waals surface area (Å²) in [7, 11) is 0. The molecule has 1 aromatic rings. The molecule has 3 aliphatic heterocycles. The Morgan fingerprint density at radius 2 is 2.07 bits per heavy atom. The van der Waals surface area contributed by atoms with E-state index in [9.17, 15) is 14.0 Å². The summed E-state index contributed by atoms with van der Waals surface area (Å²) in [4.78, 5) is 26.5. The first-order valence-corrected chi connectivity index (χ1v) is 9.37. The molecule has 1 N–H and O–H groups in total. The molecule has 146 valence electrons. The van der Waals surface area contributed by atoms with Gasteiger partial charge in [-0.15, -0.1) is 0 Å². The van der Waals surface area contributed by atoms with Gasteiger partial charge in [0, 0.05) is 20.0 Å². The summed E-state index contributed by atoms with van der Waals surface area (Å²) in [5, 5.41) is 2.63. The van der Waals surface area contributed by atoms with Gasteiger partial charge in [0.15, 0.2) is 0 Å². The number of rotatable bonds is 4. The van der Waals surface area contributed by atoms with Gasteiger partial charge in [-0.2, -0.15) is 0 Å². The number of carbonyl (C=O) groups is 2. The van der Waals surface area contributed by atoms with Crippen LogP contribution >= 0.6 is 0 Å². The highest BCUT2D eigenvalue weighted by atomic mass is 19.1. The lowest BCUT2D eigenvalue weighted by Crippen LogP contribution is -2.52. The summed E-state index contributed by atoms with van der Waals surface area (Å²) in [6, 6.07) is 4.84. The van der Waals surface area contributed by atoms with Gasteiger partial charge in [-0.1, -0.05) is 0 Å². The third-order valence-electron chi connectivity index (χ3n) is 5.68. The van der Waals surface area contributed by atoms with Crippen LogP contribution in [0.4, 0.5) is 20.6 Å². The zero-order chi connectivity index (χ0) is 19.0. The third-order valence-corrected chi connectivity index (χ3v) is 5.68. The number of nitrogens with one attached hydrogen (secondary N) is 1. The molecule has 1 aromatic carbocycles. The van der Waals surface area contributed by atoms with E-state index in [1.807, 2.05) is 4.90 Å². The maximum atomic E-state index is 14.7. The Hall–Kier alpha value is -2.35. The number of piperidine rings is 1. The molecule has 1 atom stereocenters. The quantitative estimate of drug-likeness (QED) is 0.870. The largest absolute Gasteiger partial charge is 0.442 e. The van der Waals surface area contributed by atoms with Gasteiger partial charge in [-0.25, -0.2) is 9.18 Å². The van der Waals surface area contributed by atoms with Crippen LogP contribution in [0.3, 0.4) is 0 Å². The number of hydrogen-bond donors (Lipinski definition) is 1. The number of hydrogen-bond acceptors (Lipinski definition) is 5. The molecule has 3 aliphatic rings. The van der Waals surface area contributed by atoms with Crippen LogP contribution in [0.1, 0.15) is 26.2 Å². The molecule has 3 heterocycles. The normalized spacial score (nSPS) is 23.9. The van der Waals surface area contributed by atoms with Crippen molar-refractivity contribution in [1.29, 1.82) is 0 Å². The van der Waals surface area contributed by atoms with Crippen LogP contribution in [-0.2, 0) is 14.3 Å². The molecule has 0 radical (unpaired) electrons. The molecule has 8 heteroatoms. The summed E-state index contributed by atoms with van der Waals surface area (Å²) < 4.78 is 25.7. The van der Waals surface area contributed by atoms with Gasteiger partial charge < -0.3 is 19.7 Å². The minimum atomic E-state index is -0.528. The van der Waals surface area contributed by atoms with Gasteiger partial charge in [0.2, 0.25) is 5.91 Å². The SMILES string of the molecule is CC(=O)NC[C@H]1CN(c2ccc(N3CCC4(CCO4)CC3)c(F)c2)C(=O)O1. The first-order chi connectivity index (χ1) is 13.0. The van der Waals surface area contributed by atoms with Crippen molar-refractivity contribution in [2.75, 3.05) is 42.6 Å². The lowest BCUT2D eigenvalue weighted by Gasteiger charge is -2.48. The predicted molar refractivity (Wildman–Crippen MR) is 97.4 cm³/mol. The van der Waals surface area contributed by atoms with Crippen molar-refractivity contribution in [3.63, 3.8) is 0 Å². The van der Waals surface area contributed by atoms with E-state index in [0.717, 1.165) is 39.0 Å². The minimum Gasteiger partial charge on any atom is -0.442 e. The molecule has 0 unspecified atom stereocenters. The van der Waals surface area contributed by atoms with Crippen molar-refractivity contribution in [2.24, 2.45) is 0 Å². The van der Waals surface area contributed by atoms with Gasteiger partial charge in [0.1, 0.15) is 11.9 Å². The summed E-state index contributed by atoms with van der Waals surface area (Å²) in [5.74, 6) is -0.536. The second kappa shape index (κ2) is 6.99. The number of nitrogens with zero attached hydrogens (tertiary/aromatic N) is 2. The van der Waals surface area contributed by atoms with E-state index in [-0.39, 0.29) is 30.4 Å². The first-order valence-electron chi connectivity index (χ1n) is 9.37. The lowest BCUT2D eigenvalue weighted by molar-refractivity contribution is -0.158. The van der Waals surface area contributed by atoms with E-state index in [0.29, 0.717) is 11.4 Å². The van der Waals surface area contributed by atoms with Crippen molar-refractivity contribution in [3.8, 4) is 0 Å². The number of anilines is 2. The summed E-state index contributed by atoms with van der Waals surface area (Å²) in [6.45, 7) is 4.29. The molecule has 3 saturated heterocycles. The van der Waals surface area contributed by atoms with Gasteiger partial charge in [0.05, 0.1) is 36.7 Å². The third kappa shape index (κ3) is 3.58. The molecule has 1 spiro atoms. The van der Waals surface area contributed by atoms with Crippen LogP contribution in [0.2, 0.25) is 0 Å². The smallest absolute Gasteiger partial charge is 0.414 e. The number of carbonyl (C=O) groups excluding carboxylic acids is 2. The molecule has 7 nitrogen and oxygen atoms in total. The topological polar surface area (TPSA) is 71.1 Å². The Morgan fingerprint density at radius 1 is 1.33 bits per heavy atom. The molecule has 27 heavy (non-hydrogen) atoms. The molecule has 2 amide bonds. The van der Waals surface area contributed by atoms with Crippen LogP contribution in [0.25, 0.3) is 0 Å². The Morgan fingerprint density at radius 3 is 2.67 bits per heavy atom. The monoisotopic (exact) mass is 377 g/mol. The summed E-state index contributed by atoms with van der Waals surface area (Å²) >= 11 is 0. The number of halogens is 1. The van der Waals surface area contributed by atoms with Gasteiger partial charge in [-0.05, 0) is 37.5 Å². The maximum Gasteiger partial charge on any atom is 0.414 e. The number of ether oxygens (including phenoxy) is 2. The number of cyclic esters (lactones) is 1. The van der Waals surface area contributed by atoms with Crippen LogP contribution in [0, 0.1) is 5.82 Å². The predicted octanol–water partition coefficient (Wildman–Crippen LogP) is 2.05. The van der Waals surface area contributed by atoms with E-state index in [1.165, 1.54) is 17.9 Å². The fourth-order valence-corrected chi connectivity index (χ4v) is 3.96. The van der Waals surface area contributed by atoms with Crippen molar-refractivity contribution in [1.82, 2.24) is 5.32 Å². The molecule has 0 bridgehead atoms. The minimum absolute atomic E-state index is 0.0230. The number of amides is 2. The molecule has 0 aliphatic carbocycles. The van der Waals surface area contributed by atoms with E-state index < -0.39 is 12.2 Å². The van der Waals surface area contributed by atoms with E-state index in [4.69, 9.17) is 9.47 Å². The highest BCUT2D eigenvalue weighted by molar-refractivity contribution is 5.90. The van der Waals surface area contributed by atoms with Crippen LogP contribution in [-0.4, -0.2) is 56.5 Å². The van der Waals surface area contributed by atoms with Gasteiger partial charge >= 0.3 is 6.09 Å². The van der Waals surface area contributed by atoms with Crippen molar-refractivity contribution < 1.29 is 23.5 Å². The Balaban J connectivity index is 1.41. The van der Waals surface area contributed by atoms with Crippen LogP contribution < -0.4 is 15.1 Å². The van der Waals surface area contributed by atoms with Gasteiger partial charge in [-0.3, -0.25) is 9.69 Å². The Bertz CT molecular complexity index is 742. The van der Waals surface area contributed by atoms with Crippen molar-refractivity contribution in [2.45, 2.75) is 37.9 Å². The van der Waals surface area contributed by atoms with Crippen LogP contribution in [0.15, 0.2) is 18.2 Å². The van der Waals surface area contributed by atoms with E-state index in [1.54, 1.807) is 12.1 Å². The average molecular weight is 377 g/mol. The highest BCUT2D eigenvalue weighted by Gasteiger charge is 2.41. The highest BCUT2D eigenvalue weighted by Crippen LogP contribution is 2.38. The molecular weight excluding hydrogens is 353 g/mol. The van der Waals surface area contributed by atoms with Crippen molar-refractivity contribution >= 4 is 23.4 Å². The van der Waals surface area contributed by atoms with Crippen molar-refractivity contribution in [3.05, 3.63) is 24.0 Å². The van der Waals surface area contributed by atoms with Gasteiger partial charge in [0.25, 0.3) is 0 Å².